The summed E-state index contributed by atoms with van der Waals surface area (Å²) in [4.78, 5) is 4.74. The Morgan fingerprint density at radius 1 is 1.52 bits per heavy atom. The average Bonchev–Trinajstić information content (AvgIpc) is 2.48. The van der Waals surface area contributed by atoms with E-state index >= 15 is 0 Å². The van der Waals surface area contributed by atoms with Gasteiger partial charge in [0.2, 0.25) is 0 Å². The third-order valence-electron chi connectivity index (χ3n) is 4.23. The Morgan fingerprint density at radius 2 is 2.33 bits per heavy atom. The minimum absolute atomic E-state index is 0.0327. The number of ether oxygens (including phenoxy) is 1. The molecule has 0 radical (unpaired) electrons. The van der Waals surface area contributed by atoms with Crippen LogP contribution in [0.4, 0.5) is 14.5 Å². The number of halogens is 2. The van der Waals surface area contributed by atoms with Crippen LogP contribution in [-0.4, -0.2) is 30.2 Å². The number of nitrogen functional groups attached to an aromatic ring is 1. The molecule has 0 bridgehead atoms. The van der Waals surface area contributed by atoms with Crippen LogP contribution in [0.2, 0.25) is 0 Å². The summed E-state index contributed by atoms with van der Waals surface area (Å²) in [5, 5.41) is 0.896. The molecule has 0 amide bonds. The maximum absolute atomic E-state index is 14.4. The minimum atomic E-state index is -0.760. The zero-order chi connectivity index (χ0) is 15.0. The van der Waals surface area contributed by atoms with E-state index in [-0.39, 0.29) is 11.7 Å². The second kappa shape index (κ2) is 5.57. The summed E-state index contributed by atoms with van der Waals surface area (Å²) < 4.78 is 33.1. The molecule has 0 spiro atoms. The first kappa shape index (κ1) is 14.8. The number of nitrogens with zero attached hydrogens (tertiary/aromatic N) is 1. The van der Waals surface area contributed by atoms with E-state index in [1.54, 1.807) is 17.8 Å². The van der Waals surface area contributed by atoms with Crippen LogP contribution in [0.15, 0.2) is 23.2 Å². The van der Waals surface area contributed by atoms with E-state index in [9.17, 15) is 8.78 Å². The fourth-order valence-corrected chi connectivity index (χ4v) is 4.23. The molecule has 2 aliphatic heterocycles. The van der Waals surface area contributed by atoms with Crippen molar-refractivity contribution in [3.63, 3.8) is 0 Å². The zero-order valence-corrected chi connectivity index (χ0v) is 12.6. The van der Waals surface area contributed by atoms with Crippen LogP contribution >= 0.6 is 11.8 Å². The Labute approximate surface area is 127 Å². The molecule has 2 heterocycles. The lowest BCUT2D eigenvalue weighted by Gasteiger charge is -2.46. The van der Waals surface area contributed by atoms with Gasteiger partial charge in [-0.1, -0.05) is 0 Å². The molecule has 0 saturated carbocycles. The maximum atomic E-state index is 14.4. The van der Waals surface area contributed by atoms with Gasteiger partial charge in [-0.3, -0.25) is 4.99 Å². The van der Waals surface area contributed by atoms with Gasteiger partial charge >= 0.3 is 0 Å². The predicted octanol–water partition coefficient (Wildman–Crippen LogP) is 3.14. The number of thioether (sulfide) groups is 1. The SMILES string of the molecule is CC1=NC2(c3cc(N)ccc3F)C[C@H](CF)OCC2CS1. The number of hydrogen-bond acceptors (Lipinski definition) is 4. The molecular formula is C15H18F2N2OS. The molecule has 1 saturated heterocycles. The van der Waals surface area contributed by atoms with Crippen molar-refractivity contribution in [1.82, 2.24) is 0 Å². The quantitative estimate of drug-likeness (QED) is 0.854. The van der Waals surface area contributed by atoms with Gasteiger partial charge in [0.05, 0.1) is 23.3 Å². The van der Waals surface area contributed by atoms with E-state index in [2.05, 4.69) is 0 Å². The van der Waals surface area contributed by atoms with Crippen LogP contribution in [0, 0.1) is 11.7 Å². The highest BCUT2D eigenvalue weighted by atomic mass is 32.2. The van der Waals surface area contributed by atoms with Gasteiger partial charge in [0.1, 0.15) is 12.5 Å². The number of alkyl halides is 1. The van der Waals surface area contributed by atoms with E-state index < -0.39 is 18.3 Å². The molecule has 2 N–H and O–H groups in total. The zero-order valence-electron chi connectivity index (χ0n) is 11.8. The number of nitrogens with two attached hydrogens (primary N) is 1. The van der Waals surface area contributed by atoms with Gasteiger partial charge in [0, 0.05) is 29.3 Å². The van der Waals surface area contributed by atoms with Gasteiger partial charge in [0.15, 0.2) is 0 Å². The highest BCUT2D eigenvalue weighted by Crippen LogP contribution is 2.48. The maximum Gasteiger partial charge on any atom is 0.129 e. The van der Waals surface area contributed by atoms with E-state index in [0.717, 1.165) is 10.8 Å². The second-order valence-electron chi connectivity index (χ2n) is 5.62. The molecule has 1 aromatic carbocycles. The summed E-state index contributed by atoms with van der Waals surface area (Å²) in [7, 11) is 0. The Kier molecular flexibility index (Phi) is 3.92. The molecule has 3 nitrogen and oxygen atoms in total. The molecule has 0 aromatic heterocycles. The topological polar surface area (TPSA) is 47.6 Å². The Bertz CT molecular complexity index is 581. The van der Waals surface area contributed by atoms with Crippen molar-refractivity contribution >= 4 is 22.5 Å². The lowest BCUT2D eigenvalue weighted by molar-refractivity contribution is -0.0620. The molecule has 2 aliphatic rings. The standard InChI is InChI=1S/C15H18F2N2OS/c1-9-19-15(13-4-11(18)2-3-14(13)17)5-12(6-16)20-7-10(15)8-21-9/h2-4,10,12H,5-8,18H2,1H3/t10?,12-,15?/m1/s1. The lowest BCUT2D eigenvalue weighted by Crippen LogP contribution is -2.49. The van der Waals surface area contributed by atoms with Crippen LogP contribution < -0.4 is 5.73 Å². The van der Waals surface area contributed by atoms with Crippen LogP contribution in [0.5, 0.6) is 0 Å². The first-order valence-electron chi connectivity index (χ1n) is 6.97. The van der Waals surface area contributed by atoms with Gasteiger partial charge in [-0.2, -0.15) is 0 Å². The Hall–Kier alpha value is -1.14. The molecule has 1 aromatic rings. The smallest absolute Gasteiger partial charge is 0.129 e. The molecule has 1 fully saturated rings. The third kappa shape index (κ3) is 2.55. The van der Waals surface area contributed by atoms with Crippen molar-refractivity contribution in [2.24, 2.45) is 10.9 Å². The van der Waals surface area contributed by atoms with Gasteiger partial charge in [-0.25, -0.2) is 8.78 Å². The van der Waals surface area contributed by atoms with Gasteiger partial charge in [0.25, 0.3) is 0 Å². The van der Waals surface area contributed by atoms with Crippen molar-refractivity contribution in [3.05, 3.63) is 29.6 Å². The average molecular weight is 312 g/mol. The van der Waals surface area contributed by atoms with Crippen LogP contribution in [-0.2, 0) is 10.3 Å². The van der Waals surface area contributed by atoms with Crippen molar-refractivity contribution < 1.29 is 13.5 Å². The highest BCUT2D eigenvalue weighted by Gasteiger charge is 2.49. The molecule has 3 rings (SSSR count). The summed E-state index contributed by atoms with van der Waals surface area (Å²) >= 11 is 1.64. The minimum Gasteiger partial charge on any atom is -0.399 e. The highest BCUT2D eigenvalue weighted by molar-refractivity contribution is 8.13. The van der Waals surface area contributed by atoms with E-state index in [0.29, 0.717) is 24.3 Å². The summed E-state index contributed by atoms with van der Waals surface area (Å²) in [6, 6.07) is 4.53. The molecular weight excluding hydrogens is 294 g/mol. The predicted molar refractivity (Wildman–Crippen MR) is 81.9 cm³/mol. The largest absolute Gasteiger partial charge is 0.399 e. The van der Waals surface area contributed by atoms with E-state index in [4.69, 9.17) is 15.5 Å². The van der Waals surface area contributed by atoms with Crippen LogP contribution in [0.1, 0.15) is 18.9 Å². The number of benzene rings is 1. The first-order chi connectivity index (χ1) is 10.0. The summed E-state index contributed by atoms with van der Waals surface area (Å²) in [5.74, 6) is 0.491. The molecule has 0 aliphatic carbocycles. The number of aliphatic imine (C=N–C) groups is 1. The van der Waals surface area contributed by atoms with Gasteiger partial charge < -0.3 is 10.5 Å². The fourth-order valence-electron chi connectivity index (χ4n) is 3.18. The van der Waals surface area contributed by atoms with Crippen LogP contribution in [0.3, 0.4) is 0 Å². The van der Waals surface area contributed by atoms with E-state index in [1.165, 1.54) is 12.1 Å². The lowest BCUT2D eigenvalue weighted by atomic mass is 9.73. The fraction of sp³-hybridized carbons (Fsp3) is 0.533. The summed E-state index contributed by atoms with van der Waals surface area (Å²) in [6.07, 6.45) is -0.186. The third-order valence-corrected chi connectivity index (χ3v) is 5.30. The second-order valence-corrected chi connectivity index (χ2v) is 6.83. The van der Waals surface area contributed by atoms with Crippen LogP contribution in [0.25, 0.3) is 0 Å². The molecule has 21 heavy (non-hydrogen) atoms. The van der Waals surface area contributed by atoms with Crippen molar-refractivity contribution in [2.45, 2.75) is 25.0 Å². The molecule has 3 atom stereocenters. The number of hydrogen-bond donors (Lipinski definition) is 1. The molecule has 2 unspecified atom stereocenters. The first-order valence-corrected chi connectivity index (χ1v) is 7.96. The summed E-state index contributed by atoms with van der Waals surface area (Å²) in [6.45, 7) is 1.72. The number of rotatable bonds is 2. The monoisotopic (exact) mass is 312 g/mol. The van der Waals surface area contributed by atoms with Crippen molar-refractivity contribution in [2.75, 3.05) is 24.8 Å². The summed E-state index contributed by atoms with van der Waals surface area (Å²) in [5.41, 5.74) is 6.03. The van der Waals surface area contributed by atoms with Crippen molar-refractivity contribution in [3.8, 4) is 0 Å². The van der Waals surface area contributed by atoms with E-state index in [1.807, 2.05) is 6.92 Å². The van der Waals surface area contributed by atoms with Gasteiger partial charge in [-0.05, 0) is 25.1 Å². The Balaban J connectivity index is 2.14. The number of anilines is 1. The Morgan fingerprint density at radius 3 is 3.10 bits per heavy atom. The normalized spacial score (nSPS) is 32.4. The molecule has 114 valence electrons. The van der Waals surface area contributed by atoms with Crippen molar-refractivity contribution in [1.29, 1.82) is 0 Å². The van der Waals surface area contributed by atoms with Gasteiger partial charge in [-0.15, -0.1) is 11.8 Å². The molecule has 6 heteroatoms. The number of fused-ring (bicyclic) bond motifs is 1.